The molecule has 2 heterocycles. The largest absolute Gasteiger partial charge is 0.478 e. The molecule has 0 aliphatic rings. The molecule has 0 saturated heterocycles. The van der Waals surface area contributed by atoms with E-state index in [2.05, 4.69) is 21.9 Å². The molecular weight excluding hydrogens is 282 g/mol. The molecule has 0 unspecified atom stereocenters. The third-order valence-electron chi connectivity index (χ3n) is 2.86. The van der Waals surface area contributed by atoms with Crippen LogP contribution in [0.25, 0.3) is 10.9 Å². The summed E-state index contributed by atoms with van der Waals surface area (Å²) < 4.78 is 5.54. The van der Waals surface area contributed by atoms with Crippen LogP contribution in [0.2, 0.25) is 0 Å². The van der Waals surface area contributed by atoms with Crippen LogP contribution in [0, 0.1) is 0 Å². The summed E-state index contributed by atoms with van der Waals surface area (Å²) in [5.74, 6) is 0.613. The minimum absolute atomic E-state index is 0.613. The van der Waals surface area contributed by atoms with E-state index in [-0.39, 0.29) is 0 Å². The fourth-order valence-electron chi connectivity index (χ4n) is 1.92. The first kappa shape index (κ1) is 13.8. The van der Waals surface area contributed by atoms with Crippen LogP contribution in [-0.4, -0.2) is 21.6 Å². The molecule has 0 bridgehead atoms. The van der Waals surface area contributed by atoms with Crippen LogP contribution in [0.1, 0.15) is 13.3 Å². The van der Waals surface area contributed by atoms with E-state index in [1.165, 1.54) is 11.8 Å². The van der Waals surface area contributed by atoms with Crippen LogP contribution in [0.3, 0.4) is 0 Å². The van der Waals surface area contributed by atoms with Gasteiger partial charge in [-0.3, -0.25) is 4.98 Å². The Labute approximate surface area is 127 Å². The van der Waals surface area contributed by atoms with Gasteiger partial charge in [-0.05, 0) is 30.3 Å². The molecular formula is C16H15N3OS. The third-order valence-corrected chi connectivity index (χ3v) is 3.79. The number of hydrogen-bond donors (Lipinski definition) is 0. The SMILES string of the molecule is CCCOc1ccnc(Sc2cccc3cccnc23)n1. The summed E-state index contributed by atoms with van der Waals surface area (Å²) in [6, 6.07) is 11.9. The van der Waals surface area contributed by atoms with Crippen LogP contribution < -0.4 is 4.74 Å². The lowest BCUT2D eigenvalue weighted by Gasteiger charge is -2.06. The molecule has 4 nitrogen and oxygen atoms in total. The number of nitrogens with zero attached hydrogens (tertiary/aromatic N) is 3. The van der Waals surface area contributed by atoms with E-state index in [4.69, 9.17) is 4.74 Å². The second-order valence-electron chi connectivity index (χ2n) is 4.46. The molecule has 0 radical (unpaired) electrons. The molecule has 0 atom stereocenters. The second-order valence-corrected chi connectivity index (χ2v) is 5.47. The highest BCUT2D eigenvalue weighted by Gasteiger charge is 2.07. The highest BCUT2D eigenvalue weighted by Crippen LogP contribution is 2.30. The van der Waals surface area contributed by atoms with Crippen molar-refractivity contribution in [2.45, 2.75) is 23.4 Å². The van der Waals surface area contributed by atoms with Gasteiger partial charge in [0.25, 0.3) is 0 Å². The van der Waals surface area contributed by atoms with Gasteiger partial charge in [0.1, 0.15) is 0 Å². The van der Waals surface area contributed by atoms with E-state index >= 15 is 0 Å². The van der Waals surface area contributed by atoms with Crippen molar-refractivity contribution in [3.8, 4) is 5.88 Å². The average molecular weight is 297 g/mol. The summed E-state index contributed by atoms with van der Waals surface area (Å²) in [5, 5.41) is 1.78. The first-order chi connectivity index (χ1) is 10.4. The number of aromatic nitrogens is 3. The quantitative estimate of drug-likeness (QED) is 0.667. The highest BCUT2D eigenvalue weighted by molar-refractivity contribution is 7.99. The minimum Gasteiger partial charge on any atom is -0.478 e. The zero-order valence-corrected chi connectivity index (χ0v) is 12.5. The van der Waals surface area contributed by atoms with Gasteiger partial charge in [-0.1, -0.05) is 25.1 Å². The normalized spacial score (nSPS) is 10.7. The van der Waals surface area contributed by atoms with Crippen LogP contribution >= 0.6 is 11.8 Å². The maximum Gasteiger partial charge on any atom is 0.217 e. The molecule has 5 heteroatoms. The minimum atomic E-state index is 0.613. The fraction of sp³-hybridized carbons (Fsp3) is 0.188. The summed E-state index contributed by atoms with van der Waals surface area (Å²) in [6.45, 7) is 2.73. The maximum absolute atomic E-state index is 5.54. The molecule has 0 aliphatic carbocycles. The zero-order chi connectivity index (χ0) is 14.5. The summed E-state index contributed by atoms with van der Waals surface area (Å²) in [7, 11) is 0. The van der Waals surface area contributed by atoms with Gasteiger partial charge in [-0.2, -0.15) is 4.98 Å². The molecule has 0 amide bonds. The van der Waals surface area contributed by atoms with Crippen LogP contribution in [0.4, 0.5) is 0 Å². The van der Waals surface area contributed by atoms with E-state index in [0.717, 1.165) is 22.2 Å². The lowest BCUT2D eigenvalue weighted by molar-refractivity contribution is 0.302. The van der Waals surface area contributed by atoms with E-state index < -0.39 is 0 Å². The van der Waals surface area contributed by atoms with Crippen molar-refractivity contribution in [2.75, 3.05) is 6.61 Å². The van der Waals surface area contributed by atoms with Crippen LogP contribution in [0.15, 0.2) is 58.8 Å². The number of ether oxygens (including phenoxy) is 1. The summed E-state index contributed by atoms with van der Waals surface area (Å²) in [4.78, 5) is 14.2. The topological polar surface area (TPSA) is 47.9 Å². The molecule has 1 aromatic carbocycles. The number of fused-ring (bicyclic) bond motifs is 1. The number of benzene rings is 1. The van der Waals surface area contributed by atoms with Crippen LogP contribution in [0.5, 0.6) is 5.88 Å². The molecule has 0 spiro atoms. The van der Waals surface area contributed by atoms with Gasteiger partial charge in [0, 0.05) is 28.7 Å². The molecule has 0 saturated carbocycles. The van der Waals surface area contributed by atoms with Crippen molar-refractivity contribution in [1.82, 2.24) is 15.0 Å². The Balaban J connectivity index is 1.88. The third kappa shape index (κ3) is 3.31. The Morgan fingerprint density at radius 1 is 1.05 bits per heavy atom. The first-order valence-electron chi connectivity index (χ1n) is 6.84. The molecule has 0 N–H and O–H groups in total. The smallest absolute Gasteiger partial charge is 0.217 e. The standard InChI is InChI=1S/C16H15N3OS/c1-2-11-20-14-8-10-18-16(19-14)21-13-7-3-5-12-6-4-9-17-15(12)13/h3-10H,2,11H2,1H3. The maximum atomic E-state index is 5.54. The average Bonchev–Trinajstić information content (AvgIpc) is 2.54. The molecule has 3 aromatic rings. The lowest BCUT2D eigenvalue weighted by atomic mass is 10.2. The Hall–Kier alpha value is -2.14. The first-order valence-corrected chi connectivity index (χ1v) is 7.66. The summed E-state index contributed by atoms with van der Waals surface area (Å²) in [6.07, 6.45) is 4.48. The Morgan fingerprint density at radius 2 is 1.95 bits per heavy atom. The van der Waals surface area contributed by atoms with Gasteiger partial charge in [0.15, 0.2) is 5.16 Å². The van der Waals surface area contributed by atoms with E-state index in [9.17, 15) is 0 Å². The van der Waals surface area contributed by atoms with Gasteiger partial charge < -0.3 is 4.74 Å². The Kier molecular flexibility index (Phi) is 4.31. The fourth-order valence-corrected chi connectivity index (χ4v) is 2.78. The molecule has 3 rings (SSSR count). The van der Waals surface area contributed by atoms with Crippen molar-refractivity contribution >= 4 is 22.7 Å². The van der Waals surface area contributed by atoms with Gasteiger partial charge >= 0.3 is 0 Å². The second kappa shape index (κ2) is 6.54. The van der Waals surface area contributed by atoms with Crippen molar-refractivity contribution < 1.29 is 4.74 Å². The Morgan fingerprint density at radius 3 is 2.86 bits per heavy atom. The Bertz CT molecular complexity index is 743. The zero-order valence-electron chi connectivity index (χ0n) is 11.7. The van der Waals surface area contributed by atoms with E-state index in [0.29, 0.717) is 17.6 Å². The number of pyridine rings is 1. The lowest BCUT2D eigenvalue weighted by Crippen LogP contribution is -1.98. The van der Waals surface area contributed by atoms with E-state index in [1.54, 1.807) is 18.5 Å². The summed E-state index contributed by atoms with van der Waals surface area (Å²) in [5.41, 5.74) is 0.966. The predicted octanol–water partition coefficient (Wildman–Crippen LogP) is 3.96. The van der Waals surface area contributed by atoms with Crippen molar-refractivity contribution in [3.63, 3.8) is 0 Å². The number of rotatable bonds is 5. The van der Waals surface area contributed by atoms with Crippen molar-refractivity contribution in [2.24, 2.45) is 0 Å². The number of para-hydroxylation sites is 1. The van der Waals surface area contributed by atoms with Crippen molar-refractivity contribution in [1.29, 1.82) is 0 Å². The van der Waals surface area contributed by atoms with Gasteiger partial charge in [-0.15, -0.1) is 0 Å². The van der Waals surface area contributed by atoms with Gasteiger partial charge in [-0.25, -0.2) is 4.98 Å². The summed E-state index contributed by atoms with van der Waals surface area (Å²) >= 11 is 1.50. The van der Waals surface area contributed by atoms with E-state index in [1.807, 2.05) is 30.3 Å². The molecule has 106 valence electrons. The van der Waals surface area contributed by atoms with Crippen LogP contribution in [-0.2, 0) is 0 Å². The predicted molar refractivity (Wildman–Crippen MR) is 83.7 cm³/mol. The van der Waals surface area contributed by atoms with Gasteiger partial charge in [0.05, 0.1) is 12.1 Å². The molecule has 2 aromatic heterocycles. The number of hydrogen-bond acceptors (Lipinski definition) is 5. The highest BCUT2D eigenvalue weighted by atomic mass is 32.2. The molecule has 0 aliphatic heterocycles. The molecule has 21 heavy (non-hydrogen) atoms. The van der Waals surface area contributed by atoms with Crippen molar-refractivity contribution in [3.05, 3.63) is 48.8 Å². The van der Waals surface area contributed by atoms with Gasteiger partial charge in [0.2, 0.25) is 5.88 Å². The molecule has 0 fully saturated rings. The monoisotopic (exact) mass is 297 g/mol.